The molecule has 0 radical (unpaired) electrons. The molecule has 0 bridgehead atoms. The summed E-state index contributed by atoms with van der Waals surface area (Å²) in [6.07, 6.45) is -1.14. The Kier molecular flexibility index (Phi) is 8.07. The highest BCUT2D eigenvalue weighted by molar-refractivity contribution is 8.76. The zero-order chi connectivity index (χ0) is 19.0. The van der Waals surface area contributed by atoms with E-state index in [1.807, 2.05) is 0 Å². The van der Waals surface area contributed by atoms with Gasteiger partial charge in [0.2, 0.25) is 0 Å². The monoisotopic (exact) mass is 354 g/mol. The minimum atomic E-state index is -0.642. The molecule has 0 aromatic rings. The first-order valence-electron chi connectivity index (χ1n) is 8.04. The van der Waals surface area contributed by atoms with Crippen LogP contribution in [-0.4, -0.2) is 47.9 Å². The average molecular weight is 355 g/mol. The number of alkyl carbamates (subject to hydrolysis) is 2. The van der Waals surface area contributed by atoms with Gasteiger partial charge in [-0.25, -0.2) is 9.59 Å². The first-order chi connectivity index (χ1) is 10.8. The van der Waals surface area contributed by atoms with E-state index in [4.69, 9.17) is 12.2 Å². The highest BCUT2D eigenvalue weighted by Gasteiger charge is 2.16. The van der Waals surface area contributed by atoms with Gasteiger partial charge >= 0.3 is 12.2 Å². The predicted octanol–water partition coefficient (Wildman–Crippen LogP) is 3.42. The molecule has 2 unspecified atom stereocenters. The van der Waals surface area contributed by atoms with Crippen molar-refractivity contribution >= 4 is 33.8 Å². The maximum Gasteiger partial charge on any atom is 0.407 e. The Bertz CT molecular complexity index is 377. The molecular weight excluding hydrogens is 324 g/mol. The van der Waals surface area contributed by atoms with Gasteiger partial charge in [-0.15, -0.1) is 0 Å². The van der Waals surface area contributed by atoms with Gasteiger partial charge in [0.1, 0.15) is 11.2 Å². The van der Waals surface area contributed by atoms with Gasteiger partial charge in [-0.1, -0.05) is 21.6 Å². The number of carbonyl (C=O) groups excluding carboxylic acids is 2. The van der Waals surface area contributed by atoms with Crippen molar-refractivity contribution in [2.24, 2.45) is 0 Å². The van der Waals surface area contributed by atoms with Crippen LogP contribution < -0.4 is 10.6 Å². The minimum Gasteiger partial charge on any atom is -0.444 e. The van der Waals surface area contributed by atoms with Crippen LogP contribution in [0.4, 0.5) is 9.59 Å². The Labute approximate surface area is 144 Å². The molecule has 22 heavy (non-hydrogen) atoms. The highest BCUT2D eigenvalue weighted by atomic mass is 33.1. The molecule has 130 valence electrons. The molecule has 2 N–H and O–H groups in total. The zero-order valence-corrected chi connectivity index (χ0v) is 15.7. The molecule has 0 saturated carbocycles. The van der Waals surface area contributed by atoms with E-state index >= 15 is 0 Å². The Balaban J connectivity index is 3.88. The molecule has 2 amide bonds. The molecule has 0 aromatic carbocycles. The molecule has 0 fully saturated rings. The van der Waals surface area contributed by atoms with Gasteiger partial charge < -0.3 is 20.1 Å². The van der Waals surface area contributed by atoms with Crippen LogP contribution in [0, 0.1) is 0 Å². The Morgan fingerprint density at radius 3 is 1.45 bits per heavy atom. The van der Waals surface area contributed by atoms with E-state index in [1.54, 1.807) is 41.5 Å². The third-order valence-electron chi connectivity index (χ3n) is 1.65. The van der Waals surface area contributed by atoms with Crippen LogP contribution in [-0.2, 0) is 9.47 Å². The van der Waals surface area contributed by atoms with E-state index in [0.29, 0.717) is 0 Å². The fourth-order valence-corrected chi connectivity index (χ4v) is 2.36. The van der Waals surface area contributed by atoms with Crippen LogP contribution in [0.5, 0.6) is 0 Å². The summed E-state index contributed by atoms with van der Waals surface area (Å²) in [6.45, 7) is 10.8. The molecule has 0 heterocycles. The quantitative estimate of drug-likeness (QED) is 0.682. The molecule has 0 aliphatic rings. The predicted molar refractivity (Wildman–Crippen MR) is 93.4 cm³/mol. The van der Waals surface area contributed by atoms with Gasteiger partial charge in [0.05, 0.1) is 0 Å². The zero-order valence-electron chi connectivity index (χ0n) is 16.0. The molecule has 2 atom stereocenters. The van der Waals surface area contributed by atoms with Gasteiger partial charge in [-0.2, -0.15) is 0 Å². The van der Waals surface area contributed by atoms with Crippen LogP contribution in [0.25, 0.3) is 0 Å². The van der Waals surface area contributed by atoms with Crippen molar-refractivity contribution in [3.8, 4) is 0 Å². The Morgan fingerprint density at radius 1 is 0.864 bits per heavy atom. The lowest BCUT2D eigenvalue weighted by Crippen LogP contribution is -2.33. The second-order valence-corrected chi connectivity index (χ2v) is 8.50. The Hall–Kier alpha value is -0.760. The molecule has 0 rings (SSSR count). The summed E-state index contributed by atoms with van der Waals surface area (Å²) in [6, 6.07) is 0. The number of hydrogen-bond donors (Lipinski definition) is 2. The number of carbonyl (C=O) groups is 2. The van der Waals surface area contributed by atoms with Crippen molar-refractivity contribution < 1.29 is 21.8 Å². The topological polar surface area (TPSA) is 76.7 Å². The number of rotatable bonds is 7. The number of ether oxygens (including phenoxy) is 2. The van der Waals surface area contributed by atoms with Crippen molar-refractivity contribution in [1.82, 2.24) is 10.6 Å². The largest absolute Gasteiger partial charge is 0.444 e. The van der Waals surface area contributed by atoms with Crippen LogP contribution in [0.15, 0.2) is 0 Å². The van der Waals surface area contributed by atoms with Crippen molar-refractivity contribution in [3.05, 3.63) is 0 Å². The number of amides is 2. The molecule has 0 spiro atoms. The molecule has 0 aromatic heterocycles. The van der Waals surface area contributed by atoms with Crippen LogP contribution in [0.1, 0.15) is 44.3 Å². The van der Waals surface area contributed by atoms with Gasteiger partial charge in [-0.3, -0.25) is 0 Å². The van der Waals surface area contributed by atoms with E-state index in [2.05, 4.69) is 10.6 Å². The second-order valence-electron chi connectivity index (χ2n) is 6.29. The fourth-order valence-electron chi connectivity index (χ4n) is 1.02. The minimum absolute atomic E-state index is 0.110. The van der Waals surface area contributed by atoms with E-state index in [1.165, 1.54) is 0 Å². The summed E-state index contributed by atoms with van der Waals surface area (Å²) in [5, 5.41) is 5.01. The molecule has 8 heteroatoms. The average Bonchev–Trinajstić information content (AvgIpc) is 2.36. The third kappa shape index (κ3) is 15.6. The lowest BCUT2D eigenvalue weighted by molar-refractivity contribution is 0.0519. The van der Waals surface area contributed by atoms with E-state index < -0.39 is 34.8 Å². The smallest absolute Gasteiger partial charge is 0.407 e. The van der Waals surface area contributed by atoms with Crippen molar-refractivity contribution in [2.75, 3.05) is 24.5 Å². The fraction of sp³-hybridized carbons (Fsp3) is 0.857. The maximum atomic E-state index is 11.5. The molecule has 0 saturated heterocycles. The lowest BCUT2D eigenvalue weighted by atomic mass is 10.2. The van der Waals surface area contributed by atoms with Crippen molar-refractivity contribution in [1.29, 1.82) is 0 Å². The lowest BCUT2D eigenvalue weighted by Gasteiger charge is -2.19. The first-order valence-corrected chi connectivity index (χ1v) is 9.16. The van der Waals surface area contributed by atoms with Gasteiger partial charge in [0, 0.05) is 27.3 Å². The molecular formula is C14H28N2O4S2. The SMILES string of the molecule is [2H]C(CNC(=O)OC(C)(C)C)SSC([2H])CNC(=O)OC(C)(C)C. The van der Waals surface area contributed by atoms with Crippen LogP contribution in [0.3, 0.4) is 0 Å². The molecule has 6 nitrogen and oxygen atoms in total. The summed E-state index contributed by atoms with van der Waals surface area (Å²) < 4.78 is 25.7. The maximum absolute atomic E-state index is 11.5. The van der Waals surface area contributed by atoms with Gasteiger partial charge in [0.15, 0.2) is 0 Å². The van der Waals surface area contributed by atoms with Crippen LogP contribution in [0.2, 0.25) is 0 Å². The normalized spacial score (nSPS) is 15.9. The first kappa shape index (κ1) is 17.6. The number of nitrogens with one attached hydrogen (secondary N) is 2. The standard InChI is InChI=1S/C14H28N2O4S2/c1-13(2,3)19-11(17)15-7-9-21-22-10-8-16-12(18)20-14(4,5)6/h7-10H2,1-6H3,(H,15,17)(H,16,18)/i9D,10D. The second kappa shape index (κ2) is 10.1. The third-order valence-corrected chi connectivity index (χ3v) is 3.52. The van der Waals surface area contributed by atoms with E-state index in [-0.39, 0.29) is 13.1 Å². The van der Waals surface area contributed by atoms with E-state index in [9.17, 15) is 9.59 Å². The van der Waals surface area contributed by atoms with Crippen molar-refractivity contribution in [2.45, 2.75) is 52.7 Å². The summed E-state index contributed by atoms with van der Waals surface area (Å²) in [5.74, 6) is 0. The van der Waals surface area contributed by atoms with Crippen LogP contribution >= 0.6 is 21.6 Å². The summed E-state index contributed by atoms with van der Waals surface area (Å²) >= 11 is 0. The molecule has 0 aliphatic heterocycles. The molecule has 0 aliphatic carbocycles. The number of hydrogen-bond acceptors (Lipinski definition) is 6. The highest BCUT2D eigenvalue weighted by Crippen LogP contribution is 2.19. The van der Waals surface area contributed by atoms with E-state index in [0.717, 1.165) is 21.6 Å². The van der Waals surface area contributed by atoms with Gasteiger partial charge in [0.25, 0.3) is 0 Å². The summed E-state index contributed by atoms with van der Waals surface area (Å²) in [5.41, 5.74) is -2.44. The van der Waals surface area contributed by atoms with Gasteiger partial charge in [-0.05, 0) is 41.5 Å². The van der Waals surface area contributed by atoms with Crippen molar-refractivity contribution in [3.63, 3.8) is 0 Å². The summed E-state index contributed by atoms with van der Waals surface area (Å²) in [4.78, 5) is 22.9. The summed E-state index contributed by atoms with van der Waals surface area (Å²) in [7, 11) is 2.29. The Morgan fingerprint density at radius 2 is 1.18 bits per heavy atom.